The van der Waals surface area contributed by atoms with Gasteiger partial charge in [-0.2, -0.15) is 0 Å². The SMILES string of the molecule is Cc1cc(Cl)cc(C(O)C(O)CCBr)c1O. The van der Waals surface area contributed by atoms with E-state index in [2.05, 4.69) is 15.9 Å². The topological polar surface area (TPSA) is 60.7 Å². The first-order valence-corrected chi connectivity index (χ1v) is 6.38. The predicted molar refractivity (Wildman–Crippen MR) is 67.2 cm³/mol. The van der Waals surface area contributed by atoms with Crippen LogP contribution in [0.2, 0.25) is 5.02 Å². The van der Waals surface area contributed by atoms with Crippen LogP contribution in [0.15, 0.2) is 12.1 Å². The van der Waals surface area contributed by atoms with E-state index in [4.69, 9.17) is 11.6 Å². The highest BCUT2D eigenvalue weighted by Gasteiger charge is 2.22. The Labute approximate surface area is 108 Å². The van der Waals surface area contributed by atoms with E-state index >= 15 is 0 Å². The summed E-state index contributed by atoms with van der Waals surface area (Å²) in [6.45, 7) is 1.69. The van der Waals surface area contributed by atoms with Crippen molar-refractivity contribution in [1.29, 1.82) is 0 Å². The van der Waals surface area contributed by atoms with Crippen molar-refractivity contribution in [2.75, 3.05) is 5.33 Å². The van der Waals surface area contributed by atoms with Crippen molar-refractivity contribution >= 4 is 27.5 Å². The fraction of sp³-hybridized carbons (Fsp3) is 0.455. The molecule has 3 nitrogen and oxygen atoms in total. The average Bonchev–Trinajstić information content (AvgIpc) is 2.22. The largest absolute Gasteiger partial charge is 0.507 e. The van der Waals surface area contributed by atoms with Crippen LogP contribution >= 0.6 is 27.5 Å². The summed E-state index contributed by atoms with van der Waals surface area (Å²) < 4.78 is 0. The Hall–Kier alpha value is -0.290. The molecule has 5 heteroatoms. The maximum Gasteiger partial charge on any atom is 0.124 e. The van der Waals surface area contributed by atoms with E-state index in [-0.39, 0.29) is 11.3 Å². The molecule has 3 N–H and O–H groups in total. The number of hydrogen-bond acceptors (Lipinski definition) is 3. The molecule has 1 rings (SSSR count). The van der Waals surface area contributed by atoms with Crippen LogP contribution in [0.1, 0.15) is 23.7 Å². The molecule has 0 aliphatic rings. The molecule has 0 aliphatic carbocycles. The third-order valence-electron chi connectivity index (χ3n) is 2.38. The van der Waals surface area contributed by atoms with Crippen LogP contribution in [0, 0.1) is 6.92 Å². The van der Waals surface area contributed by atoms with Gasteiger partial charge in [0.25, 0.3) is 0 Å². The molecule has 0 radical (unpaired) electrons. The molecule has 0 aromatic heterocycles. The van der Waals surface area contributed by atoms with Crippen molar-refractivity contribution in [1.82, 2.24) is 0 Å². The van der Waals surface area contributed by atoms with Crippen LogP contribution in [-0.4, -0.2) is 26.8 Å². The second-order valence-electron chi connectivity index (χ2n) is 3.65. The number of aromatic hydroxyl groups is 1. The molecule has 0 bridgehead atoms. The number of aliphatic hydroxyl groups is 2. The van der Waals surface area contributed by atoms with Gasteiger partial charge in [-0.25, -0.2) is 0 Å². The Morgan fingerprint density at radius 3 is 2.56 bits per heavy atom. The minimum atomic E-state index is -1.13. The zero-order valence-corrected chi connectivity index (χ0v) is 11.2. The monoisotopic (exact) mass is 308 g/mol. The summed E-state index contributed by atoms with van der Waals surface area (Å²) in [5, 5.41) is 30.3. The minimum absolute atomic E-state index is 0.0227. The average molecular weight is 310 g/mol. The summed E-state index contributed by atoms with van der Waals surface area (Å²) in [6, 6.07) is 3.07. The van der Waals surface area contributed by atoms with Gasteiger partial charge >= 0.3 is 0 Å². The Morgan fingerprint density at radius 2 is 2.00 bits per heavy atom. The van der Waals surface area contributed by atoms with Crippen molar-refractivity contribution in [2.24, 2.45) is 0 Å². The summed E-state index contributed by atoms with van der Waals surface area (Å²) >= 11 is 9.01. The highest BCUT2D eigenvalue weighted by molar-refractivity contribution is 9.09. The summed E-state index contributed by atoms with van der Waals surface area (Å²) in [5.74, 6) is -0.0227. The molecule has 1 aromatic carbocycles. The quantitative estimate of drug-likeness (QED) is 0.749. The zero-order chi connectivity index (χ0) is 12.3. The van der Waals surface area contributed by atoms with Crippen molar-refractivity contribution in [3.63, 3.8) is 0 Å². The van der Waals surface area contributed by atoms with Crippen molar-refractivity contribution in [3.05, 3.63) is 28.3 Å². The molecule has 0 aliphatic heterocycles. The number of alkyl halides is 1. The lowest BCUT2D eigenvalue weighted by Gasteiger charge is -2.19. The lowest BCUT2D eigenvalue weighted by atomic mass is 9.99. The summed E-state index contributed by atoms with van der Waals surface area (Å²) in [4.78, 5) is 0. The van der Waals surface area contributed by atoms with E-state index in [9.17, 15) is 15.3 Å². The van der Waals surface area contributed by atoms with Gasteiger partial charge in [-0.15, -0.1) is 0 Å². The number of aryl methyl sites for hydroxylation is 1. The Morgan fingerprint density at radius 1 is 1.38 bits per heavy atom. The van der Waals surface area contributed by atoms with E-state index in [1.54, 1.807) is 13.0 Å². The molecule has 0 spiro atoms. The third-order valence-corrected chi connectivity index (χ3v) is 3.06. The van der Waals surface area contributed by atoms with E-state index < -0.39 is 12.2 Å². The highest BCUT2D eigenvalue weighted by Crippen LogP contribution is 2.33. The lowest BCUT2D eigenvalue weighted by Crippen LogP contribution is -2.18. The number of rotatable bonds is 4. The van der Waals surface area contributed by atoms with Gasteiger partial charge in [-0.05, 0) is 31.0 Å². The van der Waals surface area contributed by atoms with E-state index in [0.717, 1.165) is 0 Å². The number of halogens is 2. The maximum atomic E-state index is 9.86. The molecule has 0 amide bonds. The van der Waals surface area contributed by atoms with Gasteiger partial charge in [-0.1, -0.05) is 27.5 Å². The Kier molecular flexibility index (Phi) is 5.05. The van der Waals surface area contributed by atoms with Gasteiger partial charge in [0, 0.05) is 15.9 Å². The van der Waals surface area contributed by atoms with Crippen molar-refractivity contribution in [3.8, 4) is 5.75 Å². The van der Waals surface area contributed by atoms with E-state index in [1.165, 1.54) is 6.07 Å². The first-order chi connectivity index (χ1) is 7.47. The molecule has 0 saturated heterocycles. The number of phenolic OH excluding ortho intramolecular Hbond substituents is 1. The van der Waals surface area contributed by atoms with Crippen LogP contribution in [0.5, 0.6) is 5.75 Å². The molecular formula is C11H14BrClO3. The van der Waals surface area contributed by atoms with Gasteiger partial charge < -0.3 is 15.3 Å². The smallest absolute Gasteiger partial charge is 0.124 e. The van der Waals surface area contributed by atoms with Gasteiger partial charge in [0.15, 0.2) is 0 Å². The molecule has 2 atom stereocenters. The summed E-state index contributed by atoms with van der Waals surface area (Å²) in [5.41, 5.74) is 0.839. The van der Waals surface area contributed by atoms with E-state index in [0.29, 0.717) is 22.3 Å². The van der Waals surface area contributed by atoms with Crippen LogP contribution < -0.4 is 0 Å². The van der Waals surface area contributed by atoms with Crippen LogP contribution in [-0.2, 0) is 0 Å². The number of aliphatic hydroxyl groups excluding tert-OH is 2. The van der Waals surface area contributed by atoms with Crippen LogP contribution in [0.25, 0.3) is 0 Å². The normalized spacial score (nSPS) is 14.8. The fourth-order valence-electron chi connectivity index (χ4n) is 1.46. The second-order valence-corrected chi connectivity index (χ2v) is 4.88. The molecule has 0 saturated carbocycles. The third kappa shape index (κ3) is 3.10. The molecular weight excluding hydrogens is 295 g/mol. The first-order valence-electron chi connectivity index (χ1n) is 4.88. The summed E-state index contributed by atoms with van der Waals surface area (Å²) in [6.07, 6.45) is -1.66. The lowest BCUT2D eigenvalue weighted by molar-refractivity contribution is 0.0160. The highest BCUT2D eigenvalue weighted by atomic mass is 79.9. The first kappa shape index (κ1) is 13.8. The minimum Gasteiger partial charge on any atom is -0.507 e. The van der Waals surface area contributed by atoms with Crippen LogP contribution in [0.4, 0.5) is 0 Å². The molecule has 16 heavy (non-hydrogen) atoms. The van der Waals surface area contributed by atoms with Gasteiger partial charge in [-0.3, -0.25) is 0 Å². The number of phenols is 1. The molecule has 0 fully saturated rings. The second kappa shape index (κ2) is 5.87. The summed E-state index contributed by atoms with van der Waals surface area (Å²) in [7, 11) is 0. The molecule has 1 aromatic rings. The zero-order valence-electron chi connectivity index (χ0n) is 8.82. The van der Waals surface area contributed by atoms with Crippen LogP contribution in [0.3, 0.4) is 0 Å². The van der Waals surface area contributed by atoms with Gasteiger partial charge in [0.05, 0.1) is 6.10 Å². The predicted octanol–water partition coefficient (Wildman–Crippen LogP) is 2.53. The van der Waals surface area contributed by atoms with Gasteiger partial charge in [0.1, 0.15) is 11.9 Å². The standard InChI is InChI=1S/C11H14BrClO3/c1-6-4-7(13)5-8(10(6)15)11(16)9(14)2-3-12/h4-5,9,11,14-16H,2-3H2,1H3. The number of hydrogen-bond donors (Lipinski definition) is 3. The molecule has 2 unspecified atom stereocenters. The fourth-order valence-corrected chi connectivity index (χ4v) is 2.21. The number of benzene rings is 1. The molecule has 0 heterocycles. The van der Waals surface area contributed by atoms with Crippen molar-refractivity contribution in [2.45, 2.75) is 25.6 Å². The van der Waals surface area contributed by atoms with E-state index in [1.807, 2.05) is 0 Å². The maximum absolute atomic E-state index is 9.86. The van der Waals surface area contributed by atoms with Gasteiger partial charge in [0.2, 0.25) is 0 Å². The Balaban J connectivity index is 3.03. The molecule has 90 valence electrons. The van der Waals surface area contributed by atoms with Crippen molar-refractivity contribution < 1.29 is 15.3 Å². The Bertz CT molecular complexity index is 370.